The van der Waals surface area contributed by atoms with Gasteiger partial charge in [0.2, 0.25) is 0 Å². The van der Waals surface area contributed by atoms with Crippen molar-refractivity contribution in [2.45, 2.75) is 39.0 Å². The van der Waals surface area contributed by atoms with Crippen LogP contribution in [0.3, 0.4) is 0 Å². The fourth-order valence-electron chi connectivity index (χ4n) is 2.63. The summed E-state index contributed by atoms with van der Waals surface area (Å²) in [5.74, 6) is 2.43. The summed E-state index contributed by atoms with van der Waals surface area (Å²) in [7, 11) is 0. The maximum absolute atomic E-state index is 10.4. The lowest BCUT2D eigenvalue weighted by molar-refractivity contribution is 0.112. The number of carbonyl (C=O) groups is 1. The maximum Gasteiger partial charge on any atom is 0.150 e. The van der Waals surface area contributed by atoms with Crippen LogP contribution in [0.15, 0.2) is 24.3 Å². The molecule has 1 aromatic carbocycles. The van der Waals surface area contributed by atoms with E-state index in [1.807, 2.05) is 31.2 Å². The summed E-state index contributed by atoms with van der Waals surface area (Å²) >= 11 is 0. The lowest BCUT2D eigenvalue weighted by atomic mass is 10.1. The summed E-state index contributed by atoms with van der Waals surface area (Å²) in [6.07, 6.45) is 8.07. The third kappa shape index (κ3) is 2.72. The van der Waals surface area contributed by atoms with Crippen molar-refractivity contribution >= 4 is 6.29 Å². The van der Waals surface area contributed by atoms with E-state index in [9.17, 15) is 4.79 Å². The molecule has 2 aliphatic carbocycles. The average Bonchev–Trinajstić information content (AvgIpc) is 2.96. The zero-order valence-electron chi connectivity index (χ0n) is 9.99. The smallest absolute Gasteiger partial charge is 0.150 e. The second-order valence-corrected chi connectivity index (χ2v) is 4.86. The fraction of sp³-hybridized carbons (Fsp3) is 0.533. The largest absolute Gasteiger partial charge is 0.298 e. The molecule has 1 aromatic rings. The van der Waals surface area contributed by atoms with Gasteiger partial charge in [-0.2, -0.15) is 0 Å². The molecule has 0 amide bonds. The Labute approximate surface area is 97.9 Å². The van der Waals surface area contributed by atoms with Gasteiger partial charge in [0.05, 0.1) is 0 Å². The summed E-state index contributed by atoms with van der Waals surface area (Å²) in [5, 5.41) is 0. The minimum atomic E-state index is 0.810. The first-order chi connectivity index (χ1) is 7.85. The van der Waals surface area contributed by atoms with E-state index in [0.29, 0.717) is 0 Å². The topological polar surface area (TPSA) is 17.1 Å². The average molecular weight is 216 g/mol. The summed E-state index contributed by atoms with van der Waals surface area (Å²) < 4.78 is 0. The molecule has 0 N–H and O–H groups in total. The molecule has 86 valence electrons. The second kappa shape index (κ2) is 5.29. The molecule has 1 nitrogen and oxygen atoms in total. The Morgan fingerprint density at radius 1 is 1.25 bits per heavy atom. The van der Waals surface area contributed by atoms with Crippen molar-refractivity contribution in [1.82, 2.24) is 0 Å². The van der Waals surface area contributed by atoms with Crippen LogP contribution in [0, 0.1) is 11.8 Å². The molecule has 2 saturated carbocycles. The van der Waals surface area contributed by atoms with Gasteiger partial charge in [0, 0.05) is 5.56 Å². The number of benzene rings is 1. The second-order valence-electron chi connectivity index (χ2n) is 4.86. The van der Waals surface area contributed by atoms with Crippen molar-refractivity contribution < 1.29 is 4.79 Å². The molecule has 0 saturated heterocycles. The minimum Gasteiger partial charge on any atom is -0.298 e. The highest BCUT2D eigenvalue weighted by atomic mass is 16.1. The Kier molecular flexibility index (Phi) is 3.76. The SMILES string of the molecule is C1CC2CC2C1.CCc1ccccc1C=O. The van der Waals surface area contributed by atoms with Gasteiger partial charge < -0.3 is 0 Å². The van der Waals surface area contributed by atoms with Crippen molar-refractivity contribution in [2.24, 2.45) is 11.8 Å². The molecule has 0 heterocycles. The van der Waals surface area contributed by atoms with E-state index in [0.717, 1.165) is 23.8 Å². The van der Waals surface area contributed by atoms with Crippen molar-refractivity contribution in [3.05, 3.63) is 35.4 Å². The predicted octanol–water partition coefficient (Wildman–Crippen LogP) is 3.87. The van der Waals surface area contributed by atoms with Crippen molar-refractivity contribution in [3.63, 3.8) is 0 Å². The van der Waals surface area contributed by atoms with Crippen LogP contribution in [0.4, 0.5) is 0 Å². The van der Waals surface area contributed by atoms with Crippen LogP contribution in [0.25, 0.3) is 0 Å². The van der Waals surface area contributed by atoms with Crippen LogP contribution >= 0.6 is 0 Å². The van der Waals surface area contributed by atoms with E-state index in [4.69, 9.17) is 0 Å². The van der Waals surface area contributed by atoms with Crippen LogP contribution in [-0.4, -0.2) is 6.29 Å². The molecule has 16 heavy (non-hydrogen) atoms. The lowest BCUT2D eigenvalue weighted by Gasteiger charge is -1.97. The normalized spacial score (nSPS) is 25.3. The molecule has 3 rings (SSSR count). The highest BCUT2D eigenvalue weighted by Gasteiger charge is 2.40. The number of hydrogen-bond donors (Lipinski definition) is 0. The third-order valence-corrected chi connectivity index (χ3v) is 3.78. The van der Waals surface area contributed by atoms with Gasteiger partial charge in [-0.3, -0.25) is 4.79 Å². The van der Waals surface area contributed by atoms with E-state index < -0.39 is 0 Å². The first-order valence-corrected chi connectivity index (χ1v) is 6.38. The number of carbonyl (C=O) groups excluding carboxylic acids is 1. The van der Waals surface area contributed by atoms with Gasteiger partial charge in [-0.05, 0) is 30.2 Å². The first kappa shape index (κ1) is 11.4. The molecular formula is C15H20O. The van der Waals surface area contributed by atoms with E-state index >= 15 is 0 Å². The van der Waals surface area contributed by atoms with E-state index in [1.165, 1.54) is 18.3 Å². The van der Waals surface area contributed by atoms with Gasteiger partial charge in [-0.15, -0.1) is 0 Å². The van der Waals surface area contributed by atoms with Crippen LogP contribution in [0.5, 0.6) is 0 Å². The Bertz CT molecular complexity index is 348. The van der Waals surface area contributed by atoms with Gasteiger partial charge in [0.1, 0.15) is 6.29 Å². The Balaban J connectivity index is 0.000000134. The van der Waals surface area contributed by atoms with E-state index in [1.54, 1.807) is 19.3 Å². The zero-order chi connectivity index (χ0) is 11.4. The van der Waals surface area contributed by atoms with Crippen LogP contribution < -0.4 is 0 Å². The molecule has 2 fully saturated rings. The van der Waals surface area contributed by atoms with Gasteiger partial charge >= 0.3 is 0 Å². The summed E-state index contributed by atoms with van der Waals surface area (Å²) in [4.78, 5) is 10.4. The predicted molar refractivity (Wildman–Crippen MR) is 66.7 cm³/mol. The molecular weight excluding hydrogens is 196 g/mol. The monoisotopic (exact) mass is 216 g/mol. The summed E-state index contributed by atoms with van der Waals surface area (Å²) in [5.41, 5.74) is 1.93. The number of fused-ring (bicyclic) bond motifs is 1. The van der Waals surface area contributed by atoms with Gasteiger partial charge in [-0.1, -0.05) is 50.5 Å². The highest BCUT2D eigenvalue weighted by molar-refractivity contribution is 5.77. The van der Waals surface area contributed by atoms with Crippen molar-refractivity contribution in [3.8, 4) is 0 Å². The highest BCUT2D eigenvalue weighted by Crippen LogP contribution is 2.51. The molecule has 0 bridgehead atoms. The number of aldehydes is 1. The quantitative estimate of drug-likeness (QED) is 0.686. The Hall–Kier alpha value is -1.11. The van der Waals surface area contributed by atoms with E-state index in [-0.39, 0.29) is 0 Å². The van der Waals surface area contributed by atoms with Crippen LogP contribution in [0.1, 0.15) is 48.5 Å². The van der Waals surface area contributed by atoms with Crippen molar-refractivity contribution in [1.29, 1.82) is 0 Å². The molecule has 1 heteroatoms. The minimum absolute atomic E-state index is 0.810. The molecule has 2 aliphatic rings. The first-order valence-electron chi connectivity index (χ1n) is 6.38. The Morgan fingerprint density at radius 2 is 1.94 bits per heavy atom. The molecule has 0 spiro atoms. The molecule has 0 aliphatic heterocycles. The third-order valence-electron chi connectivity index (χ3n) is 3.78. The molecule has 2 atom stereocenters. The van der Waals surface area contributed by atoms with Gasteiger partial charge in [-0.25, -0.2) is 0 Å². The number of aryl methyl sites for hydroxylation is 1. The molecule has 0 aromatic heterocycles. The number of hydrogen-bond acceptors (Lipinski definition) is 1. The summed E-state index contributed by atoms with van der Waals surface area (Å²) in [6, 6.07) is 7.64. The Morgan fingerprint density at radius 3 is 2.31 bits per heavy atom. The van der Waals surface area contributed by atoms with E-state index in [2.05, 4.69) is 0 Å². The fourth-order valence-corrected chi connectivity index (χ4v) is 2.63. The molecule has 2 unspecified atom stereocenters. The van der Waals surface area contributed by atoms with Gasteiger partial charge in [0.25, 0.3) is 0 Å². The summed E-state index contributed by atoms with van der Waals surface area (Å²) in [6.45, 7) is 2.04. The van der Waals surface area contributed by atoms with Crippen molar-refractivity contribution in [2.75, 3.05) is 0 Å². The van der Waals surface area contributed by atoms with Crippen LogP contribution in [-0.2, 0) is 6.42 Å². The molecule has 0 radical (unpaired) electrons. The maximum atomic E-state index is 10.4. The van der Waals surface area contributed by atoms with Crippen LogP contribution in [0.2, 0.25) is 0 Å². The van der Waals surface area contributed by atoms with Gasteiger partial charge in [0.15, 0.2) is 0 Å². The zero-order valence-corrected chi connectivity index (χ0v) is 9.99. The number of rotatable bonds is 2. The standard InChI is InChI=1S/C9H10O.C6H10/c1-2-8-5-3-4-6-9(8)7-10;1-2-5-4-6(5)3-1/h3-7H,2H2,1H3;5-6H,1-4H2. The lowest BCUT2D eigenvalue weighted by Crippen LogP contribution is -1.88.